The molecule has 2 heteroatoms. The largest absolute Gasteiger partial charge is 0.393 e. The zero-order chi connectivity index (χ0) is 11.8. The quantitative estimate of drug-likeness (QED) is 0.694. The SMILES string of the molecule is CC(O)CCc1ccc(CCCCN)cc1. The first-order chi connectivity index (χ1) is 7.72. The van der Waals surface area contributed by atoms with Gasteiger partial charge in [0.05, 0.1) is 6.10 Å². The number of hydrogen-bond donors (Lipinski definition) is 2. The summed E-state index contributed by atoms with van der Waals surface area (Å²) in [5.74, 6) is 0. The number of aliphatic hydroxyl groups excluding tert-OH is 1. The number of unbranched alkanes of at least 4 members (excludes halogenated alkanes) is 1. The number of nitrogens with two attached hydrogens (primary N) is 1. The van der Waals surface area contributed by atoms with Crippen LogP contribution < -0.4 is 5.73 Å². The Labute approximate surface area is 98.5 Å². The van der Waals surface area contributed by atoms with Crippen LogP contribution in [0.4, 0.5) is 0 Å². The smallest absolute Gasteiger partial charge is 0.0515 e. The van der Waals surface area contributed by atoms with Crippen molar-refractivity contribution in [3.05, 3.63) is 35.4 Å². The van der Waals surface area contributed by atoms with Gasteiger partial charge in [-0.05, 0) is 56.7 Å². The van der Waals surface area contributed by atoms with Crippen LogP contribution in [0.3, 0.4) is 0 Å². The van der Waals surface area contributed by atoms with Gasteiger partial charge in [0.2, 0.25) is 0 Å². The minimum Gasteiger partial charge on any atom is -0.393 e. The fraction of sp³-hybridized carbons (Fsp3) is 0.571. The standard InChI is InChI=1S/C14H23NO/c1-12(16)5-6-14-9-7-13(8-10-14)4-2-3-11-15/h7-10,12,16H,2-6,11,15H2,1H3. The molecule has 1 unspecified atom stereocenters. The lowest BCUT2D eigenvalue weighted by Gasteiger charge is -2.05. The maximum Gasteiger partial charge on any atom is 0.0515 e. The van der Waals surface area contributed by atoms with E-state index in [-0.39, 0.29) is 6.10 Å². The highest BCUT2D eigenvalue weighted by Gasteiger charge is 1.98. The molecule has 0 amide bonds. The summed E-state index contributed by atoms with van der Waals surface area (Å²) in [6.45, 7) is 2.62. The van der Waals surface area contributed by atoms with E-state index in [0.29, 0.717) is 0 Å². The molecule has 2 nitrogen and oxygen atoms in total. The summed E-state index contributed by atoms with van der Waals surface area (Å²) in [4.78, 5) is 0. The fourth-order valence-electron chi connectivity index (χ4n) is 1.72. The molecule has 0 spiro atoms. The molecule has 0 aliphatic heterocycles. The van der Waals surface area contributed by atoms with Crippen LogP contribution in [-0.4, -0.2) is 17.8 Å². The second-order valence-corrected chi connectivity index (χ2v) is 4.45. The van der Waals surface area contributed by atoms with Crippen molar-refractivity contribution in [3.63, 3.8) is 0 Å². The molecule has 0 radical (unpaired) electrons. The van der Waals surface area contributed by atoms with E-state index in [1.54, 1.807) is 0 Å². The highest BCUT2D eigenvalue weighted by molar-refractivity contribution is 5.22. The van der Waals surface area contributed by atoms with E-state index >= 15 is 0 Å². The maximum atomic E-state index is 9.20. The Balaban J connectivity index is 2.35. The van der Waals surface area contributed by atoms with Crippen LogP contribution in [-0.2, 0) is 12.8 Å². The highest BCUT2D eigenvalue weighted by atomic mass is 16.3. The molecule has 1 aromatic carbocycles. The summed E-state index contributed by atoms with van der Waals surface area (Å²) in [5, 5.41) is 9.20. The third-order valence-corrected chi connectivity index (χ3v) is 2.79. The van der Waals surface area contributed by atoms with Crippen LogP contribution in [0.1, 0.15) is 37.3 Å². The first-order valence-electron chi connectivity index (χ1n) is 6.18. The first-order valence-corrected chi connectivity index (χ1v) is 6.18. The molecular formula is C14H23NO. The zero-order valence-corrected chi connectivity index (χ0v) is 10.2. The van der Waals surface area contributed by atoms with Gasteiger partial charge >= 0.3 is 0 Å². The number of rotatable bonds is 7. The molecule has 16 heavy (non-hydrogen) atoms. The highest BCUT2D eigenvalue weighted by Crippen LogP contribution is 2.10. The Morgan fingerprint density at radius 3 is 2.12 bits per heavy atom. The van der Waals surface area contributed by atoms with Gasteiger partial charge in [-0.25, -0.2) is 0 Å². The van der Waals surface area contributed by atoms with Gasteiger partial charge in [0.1, 0.15) is 0 Å². The Morgan fingerprint density at radius 2 is 1.62 bits per heavy atom. The molecule has 1 aromatic rings. The fourth-order valence-corrected chi connectivity index (χ4v) is 1.72. The summed E-state index contributed by atoms with van der Waals surface area (Å²) in [7, 11) is 0. The Morgan fingerprint density at radius 1 is 1.06 bits per heavy atom. The van der Waals surface area contributed by atoms with Crippen LogP contribution in [0, 0.1) is 0 Å². The third-order valence-electron chi connectivity index (χ3n) is 2.79. The van der Waals surface area contributed by atoms with Crippen LogP contribution >= 0.6 is 0 Å². The van der Waals surface area contributed by atoms with Crippen molar-refractivity contribution in [2.24, 2.45) is 5.73 Å². The molecule has 0 saturated heterocycles. The zero-order valence-electron chi connectivity index (χ0n) is 10.2. The molecule has 0 saturated carbocycles. The molecule has 0 heterocycles. The van der Waals surface area contributed by atoms with Gasteiger partial charge in [0.25, 0.3) is 0 Å². The van der Waals surface area contributed by atoms with Crippen molar-refractivity contribution >= 4 is 0 Å². The van der Waals surface area contributed by atoms with Crippen LogP contribution in [0.5, 0.6) is 0 Å². The van der Waals surface area contributed by atoms with E-state index in [1.165, 1.54) is 17.5 Å². The Hall–Kier alpha value is -0.860. The summed E-state index contributed by atoms with van der Waals surface area (Å²) in [6, 6.07) is 8.71. The maximum absolute atomic E-state index is 9.20. The molecular weight excluding hydrogens is 198 g/mol. The predicted octanol–water partition coefficient (Wildman–Crippen LogP) is 2.28. The second kappa shape index (κ2) is 7.42. The lowest BCUT2D eigenvalue weighted by atomic mass is 10.0. The van der Waals surface area contributed by atoms with Crippen molar-refractivity contribution in [1.29, 1.82) is 0 Å². The van der Waals surface area contributed by atoms with E-state index in [9.17, 15) is 5.11 Å². The predicted molar refractivity (Wildman–Crippen MR) is 68.4 cm³/mol. The Kier molecular flexibility index (Phi) is 6.12. The van der Waals surface area contributed by atoms with Gasteiger partial charge in [0.15, 0.2) is 0 Å². The van der Waals surface area contributed by atoms with Gasteiger partial charge in [-0.3, -0.25) is 0 Å². The second-order valence-electron chi connectivity index (χ2n) is 4.45. The summed E-state index contributed by atoms with van der Waals surface area (Å²) < 4.78 is 0. The van der Waals surface area contributed by atoms with Gasteiger partial charge in [-0.2, -0.15) is 0 Å². The van der Waals surface area contributed by atoms with Crippen molar-refractivity contribution in [2.45, 2.75) is 45.1 Å². The summed E-state index contributed by atoms with van der Waals surface area (Å²) in [5.41, 5.74) is 8.15. The van der Waals surface area contributed by atoms with Gasteiger partial charge in [0, 0.05) is 0 Å². The lowest BCUT2D eigenvalue weighted by Crippen LogP contribution is -2.01. The number of benzene rings is 1. The minimum absolute atomic E-state index is 0.204. The average molecular weight is 221 g/mol. The van der Waals surface area contributed by atoms with Crippen molar-refractivity contribution in [3.8, 4) is 0 Å². The third kappa shape index (κ3) is 5.29. The minimum atomic E-state index is -0.204. The molecule has 0 aromatic heterocycles. The van der Waals surface area contributed by atoms with E-state index in [0.717, 1.165) is 32.2 Å². The number of aryl methyl sites for hydroxylation is 2. The number of hydrogen-bond acceptors (Lipinski definition) is 2. The van der Waals surface area contributed by atoms with Crippen LogP contribution in [0.2, 0.25) is 0 Å². The molecule has 1 atom stereocenters. The number of aliphatic hydroxyl groups is 1. The van der Waals surface area contributed by atoms with Gasteiger partial charge in [-0.1, -0.05) is 24.3 Å². The van der Waals surface area contributed by atoms with Crippen molar-refractivity contribution in [2.75, 3.05) is 6.54 Å². The normalized spacial score (nSPS) is 12.7. The van der Waals surface area contributed by atoms with E-state index in [4.69, 9.17) is 5.73 Å². The Bertz CT molecular complexity index is 279. The van der Waals surface area contributed by atoms with Crippen LogP contribution in [0.15, 0.2) is 24.3 Å². The molecule has 0 aliphatic rings. The molecule has 0 fully saturated rings. The summed E-state index contributed by atoms with van der Waals surface area (Å²) in [6.07, 6.45) is 4.98. The lowest BCUT2D eigenvalue weighted by molar-refractivity contribution is 0.185. The van der Waals surface area contributed by atoms with E-state index in [1.807, 2.05) is 6.92 Å². The molecule has 3 N–H and O–H groups in total. The molecule has 90 valence electrons. The van der Waals surface area contributed by atoms with E-state index < -0.39 is 0 Å². The topological polar surface area (TPSA) is 46.2 Å². The monoisotopic (exact) mass is 221 g/mol. The summed E-state index contributed by atoms with van der Waals surface area (Å²) >= 11 is 0. The van der Waals surface area contributed by atoms with Crippen molar-refractivity contribution in [1.82, 2.24) is 0 Å². The van der Waals surface area contributed by atoms with Gasteiger partial charge in [-0.15, -0.1) is 0 Å². The first kappa shape index (κ1) is 13.2. The molecule has 0 aliphatic carbocycles. The van der Waals surface area contributed by atoms with E-state index in [2.05, 4.69) is 24.3 Å². The van der Waals surface area contributed by atoms with Crippen LogP contribution in [0.25, 0.3) is 0 Å². The molecule has 1 rings (SSSR count). The molecule has 0 bridgehead atoms. The van der Waals surface area contributed by atoms with Gasteiger partial charge < -0.3 is 10.8 Å². The average Bonchev–Trinajstić information content (AvgIpc) is 2.28. The van der Waals surface area contributed by atoms with Crippen molar-refractivity contribution < 1.29 is 5.11 Å².